The molecule has 0 aliphatic carbocycles. The van der Waals surface area contributed by atoms with Crippen LogP contribution in [0.4, 0.5) is 4.39 Å². The summed E-state index contributed by atoms with van der Waals surface area (Å²) in [6, 6.07) is 12.4. The maximum atomic E-state index is 13.9. The summed E-state index contributed by atoms with van der Waals surface area (Å²) in [5.41, 5.74) is 1.22. The summed E-state index contributed by atoms with van der Waals surface area (Å²) in [4.78, 5) is 12.1. The molecule has 5 heteroatoms. The van der Waals surface area contributed by atoms with E-state index >= 15 is 0 Å². The van der Waals surface area contributed by atoms with Crippen molar-refractivity contribution in [2.75, 3.05) is 13.7 Å². The first-order valence-corrected chi connectivity index (χ1v) is 8.14. The predicted octanol–water partition coefficient (Wildman–Crippen LogP) is 4.02. The van der Waals surface area contributed by atoms with Crippen molar-refractivity contribution in [3.05, 3.63) is 64.8 Å². The third kappa shape index (κ3) is 3.35. The number of carbonyl (C=O) groups is 1. The smallest absolute Gasteiger partial charge is 0.254 e. The number of rotatable bonds is 5. The molecule has 23 heavy (non-hydrogen) atoms. The average molecular weight is 329 g/mol. The monoisotopic (exact) mass is 329 g/mol. The van der Waals surface area contributed by atoms with Crippen molar-refractivity contribution in [3.63, 3.8) is 0 Å². The zero-order valence-corrected chi connectivity index (χ0v) is 13.5. The van der Waals surface area contributed by atoms with E-state index < -0.39 is 11.7 Å². The van der Waals surface area contributed by atoms with Gasteiger partial charge in [0.1, 0.15) is 11.6 Å². The number of amides is 1. The lowest BCUT2D eigenvalue weighted by molar-refractivity contribution is 0.0950. The van der Waals surface area contributed by atoms with Crippen LogP contribution in [0.3, 0.4) is 0 Å². The van der Waals surface area contributed by atoms with Gasteiger partial charge < -0.3 is 10.1 Å². The van der Waals surface area contributed by atoms with Crippen molar-refractivity contribution in [1.82, 2.24) is 5.32 Å². The minimum absolute atomic E-state index is 0.0287. The van der Waals surface area contributed by atoms with Gasteiger partial charge in [-0.05, 0) is 40.9 Å². The van der Waals surface area contributed by atoms with Gasteiger partial charge in [-0.25, -0.2) is 4.39 Å². The molecule has 3 rings (SSSR count). The molecular weight excluding hydrogens is 313 g/mol. The maximum Gasteiger partial charge on any atom is 0.254 e. The fourth-order valence-electron chi connectivity index (χ4n) is 2.44. The Morgan fingerprint density at radius 2 is 2.09 bits per heavy atom. The Hall–Kier alpha value is -2.40. The van der Waals surface area contributed by atoms with Crippen molar-refractivity contribution in [2.24, 2.45) is 0 Å². The van der Waals surface area contributed by atoms with Crippen LogP contribution >= 0.6 is 11.3 Å². The summed E-state index contributed by atoms with van der Waals surface area (Å²) in [6.07, 6.45) is 0.716. The van der Waals surface area contributed by atoms with Crippen LogP contribution in [0.1, 0.15) is 15.9 Å². The number of methoxy groups -OCH3 is 1. The first-order valence-electron chi connectivity index (χ1n) is 7.26. The molecule has 0 saturated heterocycles. The lowest BCUT2D eigenvalue weighted by atomic mass is 10.1. The van der Waals surface area contributed by atoms with Crippen molar-refractivity contribution in [2.45, 2.75) is 6.42 Å². The number of halogens is 1. The van der Waals surface area contributed by atoms with Gasteiger partial charge in [0.15, 0.2) is 0 Å². The van der Waals surface area contributed by atoms with Crippen molar-refractivity contribution in [3.8, 4) is 5.75 Å². The first kappa shape index (κ1) is 15.5. The summed E-state index contributed by atoms with van der Waals surface area (Å²) in [5, 5.41) is 6.08. The third-order valence-corrected chi connectivity index (χ3v) is 4.67. The van der Waals surface area contributed by atoms with Crippen LogP contribution in [0.15, 0.2) is 47.8 Å². The first-order chi connectivity index (χ1) is 11.2. The Morgan fingerprint density at radius 3 is 2.87 bits per heavy atom. The van der Waals surface area contributed by atoms with Crippen LogP contribution in [-0.2, 0) is 6.42 Å². The number of fused-ring (bicyclic) bond motifs is 1. The molecule has 1 N–H and O–H groups in total. The average Bonchev–Trinajstić information content (AvgIpc) is 2.98. The van der Waals surface area contributed by atoms with Gasteiger partial charge in [0.2, 0.25) is 0 Å². The number of hydrogen-bond donors (Lipinski definition) is 1. The van der Waals surface area contributed by atoms with Crippen LogP contribution in [0.25, 0.3) is 10.1 Å². The van der Waals surface area contributed by atoms with Crippen LogP contribution < -0.4 is 10.1 Å². The highest BCUT2D eigenvalue weighted by Crippen LogP contribution is 2.25. The van der Waals surface area contributed by atoms with Crippen LogP contribution in [0.2, 0.25) is 0 Å². The molecule has 0 unspecified atom stereocenters. The summed E-state index contributed by atoms with van der Waals surface area (Å²) in [6.45, 7) is 0.463. The van der Waals surface area contributed by atoms with Crippen molar-refractivity contribution in [1.29, 1.82) is 0 Å². The van der Waals surface area contributed by atoms with E-state index in [0.29, 0.717) is 18.7 Å². The molecule has 0 fully saturated rings. The minimum Gasteiger partial charge on any atom is -0.497 e. The Morgan fingerprint density at radius 1 is 1.26 bits per heavy atom. The molecule has 3 nitrogen and oxygen atoms in total. The van der Waals surface area contributed by atoms with Crippen LogP contribution in [-0.4, -0.2) is 19.6 Å². The quantitative estimate of drug-likeness (QED) is 0.768. The maximum absolute atomic E-state index is 13.9. The predicted molar refractivity (Wildman–Crippen MR) is 90.8 cm³/mol. The standard InChI is InChI=1S/C18H16FNO2S/c1-22-13-6-7-15(16(19)10-13)18(21)20-9-8-12-11-23-17-5-3-2-4-14(12)17/h2-7,10-11H,8-9H2,1H3,(H,20,21). The van der Waals surface area contributed by atoms with E-state index in [9.17, 15) is 9.18 Å². The Bertz CT molecular complexity index is 844. The second-order valence-corrected chi connectivity index (χ2v) is 6.02. The fraction of sp³-hybridized carbons (Fsp3) is 0.167. The van der Waals surface area contributed by atoms with E-state index in [0.717, 1.165) is 0 Å². The molecule has 0 aliphatic rings. The van der Waals surface area contributed by atoms with E-state index in [1.807, 2.05) is 12.1 Å². The minimum atomic E-state index is -0.581. The Labute approximate surface area is 137 Å². The Kier molecular flexibility index (Phi) is 4.57. The molecule has 0 radical (unpaired) electrons. The van der Waals surface area contributed by atoms with Crippen LogP contribution in [0, 0.1) is 5.82 Å². The highest BCUT2D eigenvalue weighted by molar-refractivity contribution is 7.17. The number of thiophene rings is 1. The molecule has 3 aromatic rings. The lowest BCUT2D eigenvalue weighted by Gasteiger charge is -2.07. The topological polar surface area (TPSA) is 38.3 Å². The third-order valence-electron chi connectivity index (χ3n) is 3.66. The van der Waals surface area contributed by atoms with Crippen molar-refractivity contribution < 1.29 is 13.9 Å². The lowest BCUT2D eigenvalue weighted by Crippen LogP contribution is -2.26. The molecule has 1 aromatic heterocycles. The van der Waals surface area contributed by atoms with Gasteiger partial charge in [0.05, 0.1) is 12.7 Å². The highest BCUT2D eigenvalue weighted by Gasteiger charge is 2.12. The van der Waals surface area contributed by atoms with E-state index in [-0.39, 0.29) is 5.56 Å². The molecule has 118 valence electrons. The number of carbonyl (C=O) groups excluding carboxylic acids is 1. The molecular formula is C18H16FNO2S. The van der Waals surface area contributed by atoms with Gasteiger partial charge in [0.25, 0.3) is 5.91 Å². The second kappa shape index (κ2) is 6.79. The molecule has 0 saturated carbocycles. The van der Waals surface area contributed by atoms with Gasteiger partial charge in [-0.15, -0.1) is 11.3 Å². The molecule has 0 aliphatic heterocycles. The number of nitrogens with one attached hydrogen (secondary N) is 1. The van der Waals surface area contributed by atoms with E-state index in [2.05, 4.69) is 22.8 Å². The van der Waals surface area contributed by atoms with Crippen molar-refractivity contribution >= 4 is 27.3 Å². The summed E-state index contributed by atoms with van der Waals surface area (Å²) in [7, 11) is 1.46. The number of hydrogen-bond acceptors (Lipinski definition) is 3. The largest absolute Gasteiger partial charge is 0.497 e. The zero-order chi connectivity index (χ0) is 16.2. The molecule has 1 amide bonds. The summed E-state index contributed by atoms with van der Waals surface area (Å²) in [5.74, 6) is -0.601. The normalized spacial score (nSPS) is 10.7. The SMILES string of the molecule is COc1ccc(C(=O)NCCc2csc3ccccc23)c(F)c1. The molecule has 0 bridgehead atoms. The highest BCUT2D eigenvalue weighted by atomic mass is 32.1. The van der Waals surface area contributed by atoms with E-state index in [1.165, 1.54) is 34.9 Å². The fourth-order valence-corrected chi connectivity index (χ4v) is 3.44. The summed E-state index contributed by atoms with van der Waals surface area (Å²) < 4.78 is 20.0. The van der Waals surface area contributed by atoms with E-state index in [1.54, 1.807) is 17.4 Å². The van der Waals surface area contributed by atoms with E-state index in [4.69, 9.17) is 4.74 Å². The van der Waals surface area contributed by atoms with Gasteiger partial charge >= 0.3 is 0 Å². The van der Waals surface area contributed by atoms with Gasteiger partial charge in [-0.1, -0.05) is 18.2 Å². The second-order valence-electron chi connectivity index (χ2n) is 5.11. The summed E-state index contributed by atoms with van der Waals surface area (Å²) >= 11 is 1.69. The molecule has 1 heterocycles. The van der Waals surface area contributed by atoms with Gasteiger partial charge in [-0.3, -0.25) is 4.79 Å². The Balaban J connectivity index is 1.63. The molecule has 2 aromatic carbocycles. The zero-order valence-electron chi connectivity index (χ0n) is 12.6. The molecule has 0 spiro atoms. The van der Waals surface area contributed by atoms with Gasteiger partial charge in [0, 0.05) is 17.3 Å². The van der Waals surface area contributed by atoms with Gasteiger partial charge in [-0.2, -0.15) is 0 Å². The number of benzene rings is 2. The number of ether oxygens (including phenoxy) is 1. The van der Waals surface area contributed by atoms with Crippen LogP contribution in [0.5, 0.6) is 5.75 Å². The molecule has 0 atom stereocenters.